The first-order chi connectivity index (χ1) is 14.5. The Labute approximate surface area is 212 Å². The number of hydrogen-bond donors (Lipinski definition) is 3. The summed E-state index contributed by atoms with van der Waals surface area (Å²) in [5, 5.41) is -0.752. The van der Waals surface area contributed by atoms with Gasteiger partial charge in [0.05, 0.1) is 0 Å². The average molecular weight is 497 g/mol. The van der Waals surface area contributed by atoms with E-state index in [0.29, 0.717) is 11.7 Å². The summed E-state index contributed by atoms with van der Waals surface area (Å²) in [6.45, 7) is 32.1. The van der Waals surface area contributed by atoms with Crippen LogP contribution >= 0.6 is 7.28 Å². The van der Waals surface area contributed by atoms with E-state index in [9.17, 15) is 14.7 Å². The summed E-state index contributed by atoms with van der Waals surface area (Å²) in [6, 6.07) is 5.82. The molecule has 3 N–H and O–H groups in total. The van der Waals surface area contributed by atoms with Gasteiger partial charge in [0.15, 0.2) is 0 Å². The Bertz CT molecular complexity index is 864. The second kappa shape index (κ2) is 8.83. The molecule has 0 amide bonds. The van der Waals surface area contributed by atoms with E-state index >= 15 is 0 Å². The second-order valence-electron chi connectivity index (χ2n) is 16.5. The van der Waals surface area contributed by atoms with Crippen molar-refractivity contribution in [2.75, 3.05) is 0 Å². The van der Waals surface area contributed by atoms with Crippen LogP contribution in [-0.4, -0.2) is 19.8 Å². The molecule has 200 valence electrons. The second-order valence-corrected chi connectivity index (χ2v) is 20.1. The van der Waals surface area contributed by atoms with Crippen molar-refractivity contribution in [2.45, 2.75) is 139 Å². The van der Waals surface area contributed by atoms with Crippen molar-refractivity contribution in [1.82, 2.24) is 0 Å². The first kappa shape index (κ1) is 31.6. The van der Waals surface area contributed by atoms with Gasteiger partial charge < -0.3 is 0 Å². The van der Waals surface area contributed by atoms with Crippen LogP contribution in [0.4, 0.5) is 0 Å². The van der Waals surface area contributed by atoms with Gasteiger partial charge in [0, 0.05) is 0 Å². The molecule has 0 heterocycles. The molecule has 3 nitrogen and oxygen atoms in total. The van der Waals surface area contributed by atoms with Crippen LogP contribution in [0.1, 0.15) is 134 Å². The summed E-state index contributed by atoms with van der Waals surface area (Å²) in [6.07, 6.45) is 2.27. The molecule has 1 aromatic rings. The van der Waals surface area contributed by atoms with E-state index in [1.807, 2.05) is 19.9 Å². The molecule has 0 atom stereocenters. The fourth-order valence-electron chi connectivity index (χ4n) is 6.76. The summed E-state index contributed by atoms with van der Waals surface area (Å²) in [5.41, 5.74) is 1.36. The molecule has 0 saturated heterocycles. The van der Waals surface area contributed by atoms with Gasteiger partial charge in [0.25, 0.3) is 0 Å². The molecular weight excluding hydrogens is 439 g/mol. The van der Waals surface area contributed by atoms with Gasteiger partial charge >= 0.3 is 212 Å². The van der Waals surface area contributed by atoms with Crippen molar-refractivity contribution in [3.63, 3.8) is 0 Å². The predicted molar refractivity (Wildman–Crippen MR) is 152 cm³/mol. The van der Waals surface area contributed by atoms with Crippen LogP contribution in [0.5, 0.6) is 0 Å². The van der Waals surface area contributed by atoms with E-state index in [-0.39, 0.29) is 27.1 Å². The minimum atomic E-state index is -5.32. The third-order valence-corrected chi connectivity index (χ3v) is 10.6. The van der Waals surface area contributed by atoms with Gasteiger partial charge in [-0.1, -0.05) is 0 Å². The molecule has 0 aliphatic carbocycles. The average Bonchev–Trinajstić information content (AvgIpc) is 2.46. The van der Waals surface area contributed by atoms with Crippen LogP contribution in [-0.2, 0) is 10.8 Å². The van der Waals surface area contributed by atoms with Gasteiger partial charge in [-0.15, -0.1) is 0 Å². The van der Waals surface area contributed by atoms with Crippen LogP contribution in [0.2, 0.25) is 0 Å². The summed E-state index contributed by atoms with van der Waals surface area (Å²) < 4.78 is 0. The summed E-state index contributed by atoms with van der Waals surface area (Å²) >= 11 is 0. The number of rotatable bonds is 7. The third kappa shape index (κ3) is 7.28. The summed E-state index contributed by atoms with van der Waals surface area (Å²) in [4.78, 5) is 36.1. The summed E-state index contributed by atoms with van der Waals surface area (Å²) in [5.74, 6) is 0. The van der Waals surface area contributed by atoms with Gasteiger partial charge in [-0.25, -0.2) is 0 Å². The van der Waals surface area contributed by atoms with Crippen molar-refractivity contribution in [2.24, 2.45) is 16.2 Å². The first-order valence-corrected chi connectivity index (χ1v) is 15.0. The molecule has 34 heavy (non-hydrogen) atoms. The fourth-order valence-corrected chi connectivity index (χ4v) is 9.38. The zero-order valence-corrected chi connectivity index (χ0v) is 26.0. The first-order valence-electron chi connectivity index (χ1n) is 12.9. The van der Waals surface area contributed by atoms with Crippen molar-refractivity contribution in [3.05, 3.63) is 29.3 Å². The van der Waals surface area contributed by atoms with Gasteiger partial charge in [0.1, 0.15) is 0 Å². The quantitative estimate of drug-likeness (QED) is 0.333. The molecule has 1 aromatic carbocycles. The van der Waals surface area contributed by atoms with Gasteiger partial charge in [-0.3, -0.25) is 0 Å². The van der Waals surface area contributed by atoms with Gasteiger partial charge in [0.2, 0.25) is 0 Å². The SMILES string of the molecule is CC(C)(C)CC(C)(C)c1cccc(P(O)(O)(O)C(C)(C)CC(C)(C)C)c1C(C)(C)CC(C)(C)C. The Balaban J connectivity index is 4.11. The molecule has 4 heteroatoms. The standard InChI is InChI=1S/C30H57O3P/c1-25(2,3)19-28(10,11)22-17-16-18-23(24(22)29(12,13)20-26(4,5)6)34(31,32,33)30(14,15)21-27(7,8)9/h16-18,31-33H,19-21H2,1-15H3. The van der Waals surface area contributed by atoms with Crippen molar-refractivity contribution < 1.29 is 14.7 Å². The molecule has 0 aliphatic heterocycles. The van der Waals surface area contributed by atoms with Crippen molar-refractivity contribution >= 4 is 12.6 Å². The van der Waals surface area contributed by atoms with Crippen LogP contribution in [0.3, 0.4) is 0 Å². The van der Waals surface area contributed by atoms with Crippen molar-refractivity contribution in [3.8, 4) is 0 Å². The van der Waals surface area contributed by atoms with Gasteiger partial charge in [-0.05, 0) is 0 Å². The van der Waals surface area contributed by atoms with Crippen LogP contribution < -0.4 is 5.30 Å². The number of benzene rings is 1. The molecule has 0 fully saturated rings. The van der Waals surface area contributed by atoms with Crippen LogP contribution in [0.25, 0.3) is 0 Å². The fraction of sp³-hybridized carbons (Fsp3) is 0.800. The molecule has 1 rings (SSSR count). The predicted octanol–water partition coefficient (Wildman–Crippen LogP) is 8.23. The normalized spacial score (nSPS) is 16.4. The summed E-state index contributed by atoms with van der Waals surface area (Å²) in [7, 11) is -5.32. The van der Waals surface area contributed by atoms with Crippen molar-refractivity contribution in [1.29, 1.82) is 0 Å². The maximum absolute atomic E-state index is 12.0. The number of hydrogen-bond acceptors (Lipinski definition) is 3. The van der Waals surface area contributed by atoms with E-state index < -0.39 is 12.4 Å². The van der Waals surface area contributed by atoms with E-state index in [2.05, 4.69) is 96.1 Å². The van der Waals surface area contributed by atoms with E-state index in [4.69, 9.17) is 0 Å². The molecule has 0 saturated carbocycles. The molecule has 0 bridgehead atoms. The molecule has 0 unspecified atom stereocenters. The molecular formula is C30H57O3P. The van der Waals surface area contributed by atoms with Crippen LogP contribution in [0.15, 0.2) is 18.2 Å². The Morgan fingerprint density at radius 1 is 0.559 bits per heavy atom. The zero-order chi connectivity index (χ0) is 27.4. The Kier molecular flexibility index (Phi) is 8.19. The maximum atomic E-state index is 12.0. The Morgan fingerprint density at radius 3 is 1.32 bits per heavy atom. The topological polar surface area (TPSA) is 60.7 Å². The third-order valence-electron chi connectivity index (χ3n) is 6.91. The minimum absolute atomic E-state index is 0.0276. The Hall–Kier alpha value is -0.470. The molecule has 0 aromatic heterocycles. The zero-order valence-electron chi connectivity index (χ0n) is 25.1. The van der Waals surface area contributed by atoms with Crippen LogP contribution in [0, 0.1) is 16.2 Å². The molecule has 0 spiro atoms. The van der Waals surface area contributed by atoms with E-state index in [1.54, 1.807) is 6.07 Å². The molecule has 0 aliphatic rings. The Morgan fingerprint density at radius 2 is 0.941 bits per heavy atom. The van der Waals surface area contributed by atoms with E-state index in [0.717, 1.165) is 24.0 Å². The van der Waals surface area contributed by atoms with E-state index in [1.165, 1.54) is 0 Å². The van der Waals surface area contributed by atoms with Gasteiger partial charge in [-0.2, -0.15) is 0 Å². The monoisotopic (exact) mass is 496 g/mol. The molecule has 0 radical (unpaired) electrons.